The predicted molar refractivity (Wildman–Crippen MR) is 75.6 cm³/mol. The summed E-state index contributed by atoms with van der Waals surface area (Å²) in [5.41, 5.74) is 5.26. The number of ether oxygens (including phenoxy) is 2. The monoisotopic (exact) mass is 314 g/mol. The predicted octanol–water partition coefficient (Wildman–Crippen LogP) is 0.109. The third-order valence-corrected chi connectivity index (χ3v) is 4.75. The van der Waals surface area contributed by atoms with E-state index in [4.69, 9.17) is 15.2 Å². The minimum absolute atomic E-state index is 0.0176. The van der Waals surface area contributed by atoms with Gasteiger partial charge in [0, 0.05) is 13.2 Å². The van der Waals surface area contributed by atoms with Crippen LogP contribution in [0.25, 0.3) is 0 Å². The molecule has 0 aromatic heterocycles. The van der Waals surface area contributed by atoms with Crippen LogP contribution in [0, 0.1) is 5.92 Å². The van der Waals surface area contributed by atoms with Crippen LogP contribution < -0.4 is 15.2 Å². The van der Waals surface area contributed by atoms with Crippen molar-refractivity contribution >= 4 is 15.9 Å². The Hall–Kier alpha value is -1.64. The quantitative estimate of drug-likeness (QED) is 0.775. The Morgan fingerprint density at radius 1 is 1.52 bits per heavy atom. The maximum atomic E-state index is 12.2. The number of nitrogens with two attached hydrogens (primary N) is 1. The van der Waals surface area contributed by atoms with Crippen LogP contribution in [0.15, 0.2) is 23.1 Å². The summed E-state index contributed by atoms with van der Waals surface area (Å²) in [5, 5.41) is 0. The first-order valence-corrected chi connectivity index (χ1v) is 7.97. The molecule has 1 amide bonds. The molecule has 0 unspecified atom stereocenters. The van der Waals surface area contributed by atoms with Crippen LogP contribution in [0.3, 0.4) is 0 Å². The van der Waals surface area contributed by atoms with Gasteiger partial charge in [-0.1, -0.05) is 0 Å². The molecular formula is C13H18N2O5S. The summed E-state index contributed by atoms with van der Waals surface area (Å²) in [6, 6.07) is 4.00. The van der Waals surface area contributed by atoms with Gasteiger partial charge < -0.3 is 15.2 Å². The Bertz CT molecular complexity index is 623. The Balaban J connectivity index is 2.18. The zero-order valence-corrected chi connectivity index (χ0v) is 12.5. The topological polar surface area (TPSA) is 108 Å². The maximum absolute atomic E-state index is 12.2. The highest BCUT2D eigenvalue weighted by Gasteiger charge is 2.22. The molecule has 0 spiro atoms. The lowest BCUT2D eigenvalue weighted by molar-refractivity contribution is 0.0997. The maximum Gasteiger partial charge on any atom is 0.252 e. The second-order valence-electron chi connectivity index (χ2n) is 4.81. The van der Waals surface area contributed by atoms with Crippen LogP contribution in [0.4, 0.5) is 0 Å². The highest BCUT2D eigenvalue weighted by Crippen LogP contribution is 2.22. The molecule has 2 rings (SSSR count). The fourth-order valence-electron chi connectivity index (χ4n) is 2.10. The van der Waals surface area contributed by atoms with Crippen molar-refractivity contribution in [2.75, 3.05) is 26.9 Å². The molecule has 8 heteroatoms. The van der Waals surface area contributed by atoms with Crippen molar-refractivity contribution < 1.29 is 22.7 Å². The van der Waals surface area contributed by atoms with Gasteiger partial charge in [-0.2, -0.15) is 0 Å². The van der Waals surface area contributed by atoms with E-state index >= 15 is 0 Å². The van der Waals surface area contributed by atoms with Crippen LogP contribution in [-0.2, 0) is 14.8 Å². The number of hydrogen-bond donors (Lipinski definition) is 2. The van der Waals surface area contributed by atoms with E-state index < -0.39 is 15.9 Å². The molecule has 0 aliphatic carbocycles. The normalized spacial score (nSPS) is 18.6. The van der Waals surface area contributed by atoms with Crippen LogP contribution >= 0.6 is 0 Å². The second kappa shape index (κ2) is 6.42. The van der Waals surface area contributed by atoms with Gasteiger partial charge in [0.25, 0.3) is 5.91 Å². The molecule has 1 aliphatic heterocycles. The molecule has 1 aromatic carbocycles. The number of carbonyl (C=O) groups excluding carboxylic acids is 1. The van der Waals surface area contributed by atoms with Gasteiger partial charge in [-0.15, -0.1) is 0 Å². The molecule has 1 aromatic rings. The van der Waals surface area contributed by atoms with Gasteiger partial charge >= 0.3 is 0 Å². The molecule has 21 heavy (non-hydrogen) atoms. The first-order valence-electron chi connectivity index (χ1n) is 6.49. The second-order valence-corrected chi connectivity index (χ2v) is 6.57. The summed E-state index contributed by atoms with van der Waals surface area (Å²) in [7, 11) is -2.31. The van der Waals surface area contributed by atoms with Crippen molar-refractivity contribution in [3.63, 3.8) is 0 Å². The van der Waals surface area contributed by atoms with Crippen molar-refractivity contribution in [1.82, 2.24) is 4.72 Å². The molecule has 0 radical (unpaired) electrons. The van der Waals surface area contributed by atoms with E-state index in [0.29, 0.717) is 19.8 Å². The standard InChI is InChI=1S/C13H18N2O5S/c1-19-12-3-2-10(6-11(12)13(14)16)21(17,18)15-7-9-4-5-20-8-9/h2-3,6,9,15H,4-5,7-8H2,1H3,(H2,14,16)/t9-/m0/s1. The number of nitrogens with one attached hydrogen (secondary N) is 1. The van der Waals surface area contributed by atoms with Crippen molar-refractivity contribution in [3.8, 4) is 5.75 Å². The molecule has 0 saturated carbocycles. The number of rotatable bonds is 6. The third kappa shape index (κ3) is 3.72. The number of carbonyl (C=O) groups is 1. The van der Waals surface area contributed by atoms with E-state index in [2.05, 4.69) is 4.72 Å². The summed E-state index contributed by atoms with van der Waals surface area (Å²) in [5.74, 6) is -0.327. The Labute approximate surface area is 123 Å². The van der Waals surface area contributed by atoms with E-state index in [-0.39, 0.29) is 22.1 Å². The Morgan fingerprint density at radius 2 is 2.29 bits per heavy atom. The molecule has 1 atom stereocenters. The fraction of sp³-hybridized carbons (Fsp3) is 0.462. The van der Waals surface area contributed by atoms with Gasteiger partial charge in [-0.3, -0.25) is 4.79 Å². The van der Waals surface area contributed by atoms with Crippen molar-refractivity contribution in [2.24, 2.45) is 11.7 Å². The van der Waals surface area contributed by atoms with Gasteiger partial charge in [-0.05, 0) is 30.5 Å². The van der Waals surface area contributed by atoms with Crippen molar-refractivity contribution in [2.45, 2.75) is 11.3 Å². The fourth-order valence-corrected chi connectivity index (χ4v) is 3.24. The molecule has 1 fully saturated rings. The number of amides is 1. The minimum Gasteiger partial charge on any atom is -0.496 e. The van der Waals surface area contributed by atoms with Gasteiger partial charge in [0.1, 0.15) is 5.75 Å². The molecular weight excluding hydrogens is 296 g/mol. The first-order chi connectivity index (χ1) is 9.94. The van der Waals surface area contributed by atoms with Crippen LogP contribution in [0.5, 0.6) is 5.75 Å². The van der Waals surface area contributed by atoms with Crippen molar-refractivity contribution in [3.05, 3.63) is 23.8 Å². The summed E-state index contributed by atoms with van der Waals surface area (Å²) in [6.45, 7) is 1.51. The van der Waals surface area contributed by atoms with Gasteiger partial charge in [0.05, 0.1) is 24.2 Å². The first kappa shape index (κ1) is 15.7. The van der Waals surface area contributed by atoms with Crippen LogP contribution in [-0.4, -0.2) is 41.2 Å². The SMILES string of the molecule is COc1ccc(S(=O)(=O)NC[C@@H]2CCOC2)cc1C(N)=O. The molecule has 1 heterocycles. The number of sulfonamides is 1. The molecule has 0 bridgehead atoms. The lowest BCUT2D eigenvalue weighted by atomic mass is 10.1. The Kier molecular flexibility index (Phi) is 4.81. The zero-order valence-electron chi connectivity index (χ0n) is 11.7. The number of methoxy groups -OCH3 is 1. The summed E-state index contributed by atoms with van der Waals surface area (Å²) in [4.78, 5) is 11.3. The van der Waals surface area contributed by atoms with E-state index in [9.17, 15) is 13.2 Å². The lowest BCUT2D eigenvalue weighted by Gasteiger charge is -2.12. The molecule has 3 N–H and O–H groups in total. The molecule has 1 aliphatic rings. The third-order valence-electron chi connectivity index (χ3n) is 3.33. The molecule has 116 valence electrons. The van der Waals surface area contributed by atoms with E-state index in [0.717, 1.165) is 6.42 Å². The van der Waals surface area contributed by atoms with Gasteiger partial charge in [-0.25, -0.2) is 13.1 Å². The lowest BCUT2D eigenvalue weighted by Crippen LogP contribution is -2.30. The van der Waals surface area contributed by atoms with E-state index in [1.54, 1.807) is 0 Å². The minimum atomic E-state index is -3.70. The number of primary amides is 1. The summed E-state index contributed by atoms with van der Waals surface area (Å²) >= 11 is 0. The van der Waals surface area contributed by atoms with Crippen LogP contribution in [0.2, 0.25) is 0 Å². The van der Waals surface area contributed by atoms with Crippen LogP contribution in [0.1, 0.15) is 16.8 Å². The van der Waals surface area contributed by atoms with E-state index in [1.165, 1.54) is 25.3 Å². The zero-order chi connectivity index (χ0) is 15.5. The highest BCUT2D eigenvalue weighted by atomic mass is 32.2. The number of benzene rings is 1. The Morgan fingerprint density at radius 3 is 2.86 bits per heavy atom. The van der Waals surface area contributed by atoms with Gasteiger partial charge in [0.2, 0.25) is 10.0 Å². The van der Waals surface area contributed by atoms with Gasteiger partial charge in [0.15, 0.2) is 0 Å². The highest BCUT2D eigenvalue weighted by molar-refractivity contribution is 7.89. The largest absolute Gasteiger partial charge is 0.496 e. The summed E-state index contributed by atoms with van der Waals surface area (Å²) in [6.07, 6.45) is 0.831. The smallest absolute Gasteiger partial charge is 0.252 e. The van der Waals surface area contributed by atoms with E-state index in [1.807, 2.05) is 0 Å². The number of hydrogen-bond acceptors (Lipinski definition) is 5. The molecule has 1 saturated heterocycles. The average Bonchev–Trinajstić information content (AvgIpc) is 2.97. The average molecular weight is 314 g/mol. The summed E-state index contributed by atoms with van der Waals surface area (Å²) < 4.78 is 37.1. The van der Waals surface area contributed by atoms with Crippen molar-refractivity contribution in [1.29, 1.82) is 0 Å². The molecule has 7 nitrogen and oxygen atoms in total.